The lowest BCUT2D eigenvalue weighted by Crippen LogP contribution is -2.30. The number of hydrogen-bond acceptors (Lipinski definition) is 6. The fourth-order valence-electron chi connectivity index (χ4n) is 8.77. The van der Waals surface area contributed by atoms with Gasteiger partial charge in [-0.3, -0.25) is 14.4 Å². The maximum absolute atomic E-state index is 12.8. The Bertz CT molecular complexity index is 1070. The second-order valence-electron chi connectivity index (χ2n) is 19.9. The number of carbonyl (C=O) groups is 3. The fraction of sp³-hybridized carbons (Fsp3) is 0.883. The van der Waals surface area contributed by atoms with E-state index >= 15 is 0 Å². The van der Waals surface area contributed by atoms with Gasteiger partial charge in [-0.2, -0.15) is 0 Å². The fourth-order valence-corrected chi connectivity index (χ4v) is 8.77. The summed E-state index contributed by atoms with van der Waals surface area (Å²) in [6.07, 6.45) is 64.6. The Balaban J connectivity index is 4.25. The van der Waals surface area contributed by atoms with Crippen LogP contribution in [0, 0.1) is 0 Å². The van der Waals surface area contributed by atoms with Crippen LogP contribution in [0.15, 0.2) is 24.3 Å². The van der Waals surface area contributed by atoms with E-state index in [2.05, 4.69) is 45.1 Å². The van der Waals surface area contributed by atoms with E-state index in [1.165, 1.54) is 218 Å². The third-order valence-electron chi connectivity index (χ3n) is 13.2. The van der Waals surface area contributed by atoms with E-state index < -0.39 is 6.10 Å². The molecule has 0 aromatic rings. The number of ether oxygens (including phenoxy) is 3. The molecule has 0 aliphatic carbocycles. The zero-order valence-electron chi connectivity index (χ0n) is 44.5. The maximum Gasteiger partial charge on any atom is 0.306 e. The molecular weight excluding hydrogens is 817 g/mol. The van der Waals surface area contributed by atoms with Gasteiger partial charge in [-0.1, -0.05) is 276 Å². The predicted octanol–water partition coefficient (Wildman–Crippen LogP) is 19.5. The summed E-state index contributed by atoms with van der Waals surface area (Å²) in [6, 6.07) is 0. The van der Waals surface area contributed by atoms with Crippen molar-refractivity contribution in [1.29, 1.82) is 0 Å². The molecule has 0 unspecified atom stereocenters. The van der Waals surface area contributed by atoms with Gasteiger partial charge in [0.2, 0.25) is 0 Å². The second-order valence-corrected chi connectivity index (χ2v) is 19.9. The number of unbranched alkanes of at least 4 members (excludes halogenated alkanes) is 39. The van der Waals surface area contributed by atoms with Crippen LogP contribution in [0.2, 0.25) is 0 Å². The molecule has 0 spiro atoms. The highest BCUT2D eigenvalue weighted by Gasteiger charge is 2.19. The minimum Gasteiger partial charge on any atom is -0.462 e. The van der Waals surface area contributed by atoms with Crippen molar-refractivity contribution in [2.24, 2.45) is 0 Å². The van der Waals surface area contributed by atoms with E-state index in [0.717, 1.165) is 64.2 Å². The van der Waals surface area contributed by atoms with Gasteiger partial charge < -0.3 is 14.2 Å². The average Bonchev–Trinajstić information content (AvgIpc) is 3.31. The van der Waals surface area contributed by atoms with E-state index in [-0.39, 0.29) is 31.1 Å². The highest BCUT2D eigenvalue weighted by molar-refractivity contribution is 5.71. The van der Waals surface area contributed by atoms with Crippen molar-refractivity contribution in [3.63, 3.8) is 0 Å². The van der Waals surface area contributed by atoms with Crippen LogP contribution in [0.4, 0.5) is 0 Å². The Hall–Kier alpha value is -2.11. The molecular formula is C60H112O6. The summed E-state index contributed by atoms with van der Waals surface area (Å²) in [5, 5.41) is 0. The Morgan fingerprint density at radius 1 is 0.303 bits per heavy atom. The van der Waals surface area contributed by atoms with Gasteiger partial charge in [-0.05, 0) is 51.4 Å². The third kappa shape index (κ3) is 52.9. The normalized spacial score (nSPS) is 12.1. The zero-order valence-corrected chi connectivity index (χ0v) is 44.5. The van der Waals surface area contributed by atoms with Gasteiger partial charge in [-0.15, -0.1) is 0 Å². The maximum atomic E-state index is 12.8. The van der Waals surface area contributed by atoms with Crippen LogP contribution in [0.3, 0.4) is 0 Å². The summed E-state index contributed by atoms with van der Waals surface area (Å²) in [4.78, 5) is 38.1. The van der Waals surface area contributed by atoms with Crippen molar-refractivity contribution in [2.75, 3.05) is 13.2 Å². The molecule has 0 fully saturated rings. The molecule has 0 rings (SSSR count). The third-order valence-corrected chi connectivity index (χ3v) is 13.2. The van der Waals surface area contributed by atoms with Crippen LogP contribution in [0.5, 0.6) is 0 Å². The highest BCUT2D eigenvalue weighted by Crippen LogP contribution is 2.17. The molecule has 1 atom stereocenters. The van der Waals surface area contributed by atoms with E-state index in [1.807, 2.05) is 0 Å². The number of rotatable bonds is 54. The molecule has 6 heteroatoms. The number of hydrogen-bond donors (Lipinski definition) is 0. The molecule has 0 N–H and O–H groups in total. The van der Waals surface area contributed by atoms with Gasteiger partial charge in [0, 0.05) is 19.3 Å². The van der Waals surface area contributed by atoms with Crippen molar-refractivity contribution in [3.8, 4) is 0 Å². The topological polar surface area (TPSA) is 78.9 Å². The number of allylic oxidation sites excluding steroid dienone is 4. The standard InChI is InChI=1S/C60H112O6/c1-4-7-10-13-16-19-22-24-26-28-30-32-34-36-38-41-44-47-50-53-59(62)65-56-57(55-64-58(61)52-49-46-43-40-21-18-15-12-9-6-3)66-60(63)54-51-48-45-42-39-37-35-33-31-29-27-25-23-20-17-14-11-8-5-2/h16,19,24,26,57H,4-15,17-18,20-23,25,27-56H2,1-3H3/b19-16-,26-24-/t57-/m1/s1. The molecule has 0 aliphatic heterocycles. The first kappa shape index (κ1) is 63.9. The molecule has 0 heterocycles. The molecule has 0 saturated heterocycles. The SMILES string of the molecule is CCCCC/C=C\C/C=C\CCCCCCCCCCCC(=O)OC[C@@H](COC(=O)CCCCCCCCCCCC)OC(=O)CCCCCCCCCCCCCCCCCCCCC. The summed E-state index contributed by atoms with van der Waals surface area (Å²) < 4.78 is 16.9. The second kappa shape index (κ2) is 55.5. The van der Waals surface area contributed by atoms with Crippen molar-refractivity contribution in [2.45, 2.75) is 329 Å². The summed E-state index contributed by atoms with van der Waals surface area (Å²) in [5.74, 6) is -0.851. The molecule has 0 radical (unpaired) electrons. The molecule has 6 nitrogen and oxygen atoms in total. The Labute approximate surface area is 411 Å². The lowest BCUT2D eigenvalue weighted by Gasteiger charge is -2.18. The van der Waals surface area contributed by atoms with E-state index in [9.17, 15) is 14.4 Å². The lowest BCUT2D eigenvalue weighted by molar-refractivity contribution is -0.167. The van der Waals surface area contributed by atoms with Crippen molar-refractivity contribution in [1.82, 2.24) is 0 Å². The minimum atomic E-state index is -0.767. The summed E-state index contributed by atoms with van der Waals surface area (Å²) in [5.41, 5.74) is 0. The van der Waals surface area contributed by atoms with Crippen LogP contribution < -0.4 is 0 Å². The minimum absolute atomic E-state index is 0.0671. The zero-order chi connectivity index (χ0) is 47.9. The predicted molar refractivity (Wildman–Crippen MR) is 284 cm³/mol. The molecule has 0 aromatic heterocycles. The molecule has 0 amide bonds. The summed E-state index contributed by atoms with van der Waals surface area (Å²) >= 11 is 0. The highest BCUT2D eigenvalue weighted by atomic mass is 16.6. The molecule has 0 aliphatic rings. The van der Waals surface area contributed by atoms with Gasteiger partial charge in [0.1, 0.15) is 13.2 Å². The van der Waals surface area contributed by atoms with Gasteiger partial charge in [-0.25, -0.2) is 0 Å². The van der Waals surface area contributed by atoms with E-state index in [1.54, 1.807) is 0 Å². The van der Waals surface area contributed by atoms with Crippen LogP contribution in [0.25, 0.3) is 0 Å². The lowest BCUT2D eigenvalue weighted by atomic mass is 10.0. The molecule has 66 heavy (non-hydrogen) atoms. The van der Waals surface area contributed by atoms with Gasteiger partial charge in [0.25, 0.3) is 0 Å². The average molecular weight is 930 g/mol. The largest absolute Gasteiger partial charge is 0.462 e. The van der Waals surface area contributed by atoms with Gasteiger partial charge in [0.05, 0.1) is 0 Å². The molecule has 0 aromatic carbocycles. The van der Waals surface area contributed by atoms with Crippen molar-refractivity contribution in [3.05, 3.63) is 24.3 Å². The molecule has 0 saturated carbocycles. The summed E-state index contributed by atoms with van der Waals surface area (Å²) in [7, 11) is 0. The van der Waals surface area contributed by atoms with Crippen molar-refractivity contribution < 1.29 is 28.6 Å². The Morgan fingerprint density at radius 2 is 0.545 bits per heavy atom. The van der Waals surface area contributed by atoms with Gasteiger partial charge >= 0.3 is 17.9 Å². The summed E-state index contributed by atoms with van der Waals surface area (Å²) in [6.45, 7) is 6.65. The Morgan fingerprint density at radius 3 is 0.864 bits per heavy atom. The number of carbonyl (C=O) groups excluding carboxylic acids is 3. The first-order valence-corrected chi connectivity index (χ1v) is 29.3. The molecule has 0 bridgehead atoms. The smallest absolute Gasteiger partial charge is 0.306 e. The molecule has 388 valence electrons. The Kier molecular flexibility index (Phi) is 53.7. The van der Waals surface area contributed by atoms with E-state index in [4.69, 9.17) is 14.2 Å². The van der Waals surface area contributed by atoms with Crippen molar-refractivity contribution >= 4 is 17.9 Å². The van der Waals surface area contributed by atoms with Crippen LogP contribution in [-0.2, 0) is 28.6 Å². The van der Waals surface area contributed by atoms with Crippen LogP contribution >= 0.6 is 0 Å². The van der Waals surface area contributed by atoms with E-state index in [0.29, 0.717) is 19.3 Å². The van der Waals surface area contributed by atoms with Crippen LogP contribution in [-0.4, -0.2) is 37.2 Å². The first-order valence-electron chi connectivity index (χ1n) is 29.3. The van der Waals surface area contributed by atoms with Crippen LogP contribution in [0.1, 0.15) is 323 Å². The first-order chi connectivity index (χ1) is 32.5. The quantitative estimate of drug-likeness (QED) is 0.0262. The number of esters is 3. The van der Waals surface area contributed by atoms with Gasteiger partial charge in [0.15, 0.2) is 6.10 Å². The monoisotopic (exact) mass is 929 g/mol.